The molecule has 1 fully saturated rings. The van der Waals surface area contributed by atoms with Crippen molar-refractivity contribution in [1.82, 2.24) is 9.71 Å². The van der Waals surface area contributed by atoms with Crippen molar-refractivity contribution in [3.05, 3.63) is 57.7 Å². The molecule has 3 rings (SSSR count). The van der Waals surface area contributed by atoms with Crippen molar-refractivity contribution in [2.24, 2.45) is 5.92 Å². The number of aromatic nitrogens is 1. The minimum Gasteiger partial charge on any atom is -0.478 e. The standard InChI is InChI=1S/C21H21ClN4O5S/c1-13-18(21(28)29)10-16(11-23)19(24-13)26-7-5-15(6-8-26)20(27)25-32(30,31)12-14-3-2-4-17(22)9-14/h2-4,9-10,15H,5-8,12H2,1H3,(H,25,27)(H,28,29). The first kappa shape index (κ1) is 23.5. The van der Waals surface area contributed by atoms with Crippen LogP contribution in [0.4, 0.5) is 5.82 Å². The van der Waals surface area contributed by atoms with Gasteiger partial charge >= 0.3 is 5.97 Å². The Balaban J connectivity index is 1.64. The Labute approximate surface area is 190 Å². The van der Waals surface area contributed by atoms with E-state index in [0.717, 1.165) is 0 Å². The molecule has 2 heterocycles. The molecule has 0 atom stereocenters. The SMILES string of the molecule is Cc1nc(N2CCC(C(=O)NS(=O)(=O)Cc3cccc(Cl)c3)CC2)c(C#N)cc1C(=O)O. The van der Waals surface area contributed by atoms with E-state index in [9.17, 15) is 28.4 Å². The smallest absolute Gasteiger partial charge is 0.337 e. The van der Waals surface area contributed by atoms with Crippen LogP contribution in [-0.2, 0) is 20.6 Å². The predicted molar refractivity (Wildman–Crippen MR) is 118 cm³/mol. The summed E-state index contributed by atoms with van der Waals surface area (Å²) in [5.41, 5.74) is 0.867. The third-order valence-electron chi connectivity index (χ3n) is 5.21. The summed E-state index contributed by atoms with van der Waals surface area (Å²) in [6.07, 6.45) is 0.732. The van der Waals surface area contributed by atoms with Gasteiger partial charge in [0.25, 0.3) is 0 Å². The second kappa shape index (κ2) is 9.54. The summed E-state index contributed by atoms with van der Waals surface area (Å²) < 4.78 is 26.9. The zero-order valence-corrected chi connectivity index (χ0v) is 18.8. The number of carboxylic acid groups (broad SMARTS) is 1. The minimum absolute atomic E-state index is 0.0375. The van der Waals surface area contributed by atoms with Crippen LogP contribution in [0.1, 0.15) is 40.0 Å². The molecule has 9 nitrogen and oxygen atoms in total. The van der Waals surface area contributed by atoms with E-state index in [1.807, 2.05) is 6.07 Å². The Morgan fingerprint density at radius 1 is 1.31 bits per heavy atom. The number of carbonyl (C=O) groups excluding carboxylic acids is 1. The third kappa shape index (κ3) is 5.55. The van der Waals surface area contributed by atoms with Crippen LogP contribution >= 0.6 is 11.6 Å². The first-order valence-electron chi connectivity index (χ1n) is 9.78. The number of aryl methyl sites for hydroxylation is 1. The number of piperidine rings is 1. The van der Waals surface area contributed by atoms with Gasteiger partial charge in [-0.05, 0) is 43.5 Å². The molecule has 0 aliphatic carbocycles. The van der Waals surface area contributed by atoms with E-state index in [2.05, 4.69) is 9.71 Å². The molecule has 2 aromatic rings. The normalized spacial score (nSPS) is 14.6. The van der Waals surface area contributed by atoms with Crippen molar-refractivity contribution in [2.45, 2.75) is 25.5 Å². The predicted octanol–water partition coefficient (Wildman–Crippen LogP) is 2.48. The molecule has 11 heteroatoms. The van der Waals surface area contributed by atoms with Crippen molar-refractivity contribution in [3.63, 3.8) is 0 Å². The monoisotopic (exact) mass is 476 g/mol. The number of carboxylic acids is 1. The molecule has 1 aliphatic heterocycles. The maximum atomic E-state index is 12.5. The van der Waals surface area contributed by atoms with Gasteiger partial charge in [-0.2, -0.15) is 5.26 Å². The van der Waals surface area contributed by atoms with Crippen LogP contribution in [0.25, 0.3) is 0 Å². The highest BCUT2D eigenvalue weighted by molar-refractivity contribution is 7.89. The average Bonchev–Trinajstić information content (AvgIpc) is 2.72. The molecule has 168 valence electrons. The van der Waals surface area contributed by atoms with Gasteiger partial charge in [0.1, 0.15) is 11.9 Å². The van der Waals surface area contributed by atoms with Crippen molar-refractivity contribution in [3.8, 4) is 6.07 Å². The minimum atomic E-state index is -3.88. The Bertz CT molecular complexity index is 1200. The second-order valence-electron chi connectivity index (χ2n) is 7.53. The van der Waals surface area contributed by atoms with Gasteiger partial charge in [0, 0.05) is 24.0 Å². The van der Waals surface area contributed by atoms with Crippen molar-refractivity contribution < 1.29 is 23.1 Å². The summed E-state index contributed by atoms with van der Waals surface area (Å²) in [5, 5.41) is 19.0. The highest BCUT2D eigenvalue weighted by Crippen LogP contribution is 2.26. The zero-order valence-electron chi connectivity index (χ0n) is 17.2. The summed E-state index contributed by atoms with van der Waals surface area (Å²) in [6.45, 7) is 2.30. The maximum absolute atomic E-state index is 12.5. The Morgan fingerprint density at radius 3 is 2.59 bits per heavy atom. The lowest BCUT2D eigenvalue weighted by Crippen LogP contribution is -2.43. The average molecular weight is 477 g/mol. The van der Waals surface area contributed by atoms with Gasteiger partial charge in [-0.3, -0.25) is 9.52 Å². The van der Waals surface area contributed by atoms with Gasteiger partial charge in [0.15, 0.2) is 0 Å². The molecule has 1 aromatic heterocycles. The molecular formula is C21H21ClN4O5S. The molecule has 2 N–H and O–H groups in total. The van der Waals surface area contributed by atoms with Gasteiger partial charge in [-0.25, -0.2) is 18.2 Å². The van der Waals surface area contributed by atoms with Crippen LogP contribution in [0.3, 0.4) is 0 Å². The molecule has 1 aliphatic rings. The number of aromatic carboxylic acids is 1. The fraction of sp³-hybridized carbons (Fsp3) is 0.333. The van der Waals surface area contributed by atoms with Gasteiger partial charge in [-0.1, -0.05) is 23.7 Å². The van der Waals surface area contributed by atoms with E-state index in [1.54, 1.807) is 30.0 Å². The number of nitriles is 1. The number of amides is 1. The lowest BCUT2D eigenvalue weighted by molar-refractivity contribution is -0.123. The number of carbonyl (C=O) groups is 2. The van der Waals surface area contributed by atoms with E-state index in [1.165, 1.54) is 12.1 Å². The number of sulfonamides is 1. The Morgan fingerprint density at radius 2 is 2.00 bits per heavy atom. The highest BCUT2D eigenvalue weighted by Gasteiger charge is 2.29. The van der Waals surface area contributed by atoms with Gasteiger partial charge in [0.2, 0.25) is 15.9 Å². The van der Waals surface area contributed by atoms with Crippen LogP contribution in [-0.4, -0.2) is 43.5 Å². The van der Waals surface area contributed by atoms with Gasteiger partial charge in [0.05, 0.1) is 22.6 Å². The van der Waals surface area contributed by atoms with Crippen molar-refractivity contribution in [2.75, 3.05) is 18.0 Å². The quantitative estimate of drug-likeness (QED) is 0.647. The first-order chi connectivity index (χ1) is 15.1. The number of nitrogens with one attached hydrogen (secondary N) is 1. The number of benzene rings is 1. The summed E-state index contributed by atoms with van der Waals surface area (Å²) in [5.74, 6) is -2.24. The zero-order chi connectivity index (χ0) is 23.5. The van der Waals surface area contributed by atoms with Crippen LogP contribution < -0.4 is 9.62 Å². The molecule has 1 amide bonds. The molecule has 1 saturated heterocycles. The van der Waals surface area contributed by atoms with Crippen LogP contribution in [0, 0.1) is 24.2 Å². The molecule has 1 aromatic carbocycles. The van der Waals surface area contributed by atoms with E-state index in [-0.39, 0.29) is 16.9 Å². The Hall–Kier alpha value is -3.16. The molecule has 0 radical (unpaired) electrons. The van der Waals surface area contributed by atoms with Crippen molar-refractivity contribution >= 4 is 39.3 Å². The second-order valence-corrected chi connectivity index (χ2v) is 9.68. The summed E-state index contributed by atoms with van der Waals surface area (Å²) in [7, 11) is -3.88. The fourth-order valence-electron chi connectivity index (χ4n) is 3.60. The highest BCUT2D eigenvalue weighted by atomic mass is 35.5. The topological polar surface area (TPSA) is 140 Å². The summed E-state index contributed by atoms with van der Waals surface area (Å²) in [4.78, 5) is 29.9. The number of halogens is 1. The van der Waals surface area contributed by atoms with Crippen LogP contribution in [0.15, 0.2) is 30.3 Å². The number of rotatable bonds is 6. The lowest BCUT2D eigenvalue weighted by Gasteiger charge is -2.32. The van der Waals surface area contributed by atoms with Gasteiger partial charge < -0.3 is 10.0 Å². The lowest BCUT2D eigenvalue weighted by atomic mass is 9.96. The Kier molecular flexibility index (Phi) is 7.01. The molecule has 0 spiro atoms. The number of hydrogen-bond acceptors (Lipinski definition) is 7. The largest absolute Gasteiger partial charge is 0.478 e. The maximum Gasteiger partial charge on any atom is 0.337 e. The first-order valence-corrected chi connectivity index (χ1v) is 11.8. The summed E-state index contributed by atoms with van der Waals surface area (Å²) in [6, 6.07) is 9.68. The third-order valence-corrected chi connectivity index (χ3v) is 6.67. The number of pyridine rings is 1. The molecule has 0 bridgehead atoms. The van der Waals surface area contributed by atoms with Crippen LogP contribution in [0.2, 0.25) is 5.02 Å². The van der Waals surface area contributed by atoms with Gasteiger partial charge in [-0.15, -0.1) is 0 Å². The summed E-state index contributed by atoms with van der Waals surface area (Å²) >= 11 is 5.88. The van der Waals surface area contributed by atoms with E-state index < -0.39 is 27.8 Å². The molecular weight excluding hydrogens is 456 g/mol. The van der Waals surface area contributed by atoms with Crippen LogP contribution in [0.5, 0.6) is 0 Å². The molecule has 0 unspecified atom stereocenters. The van der Waals surface area contributed by atoms with E-state index in [0.29, 0.717) is 48.0 Å². The van der Waals surface area contributed by atoms with E-state index in [4.69, 9.17) is 11.6 Å². The number of hydrogen-bond donors (Lipinski definition) is 2. The number of nitrogens with zero attached hydrogens (tertiary/aromatic N) is 3. The molecule has 0 saturated carbocycles. The van der Waals surface area contributed by atoms with E-state index >= 15 is 0 Å². The fourth-order valence-corrected chi connectivity index (χ4v) is 4.98. The molecule has 32 heavy (non-hydrogen) atoms. The van der Waals surface area contributed by atoms with Crippen molar-refractivity contribution in [1.29, 1.82) is 5.26 Å². The number of anilines is 1.